The highest BCUT2D eigenvalue weighted by Crippen LogP contribution is 2.54. The first kappa shape index (κ1) is 31.5. The minimum Gasteiger partial charge on any atom is -0.508 e. The Morgan fingerprint density at radius 3 is 2.29 bits per heavy atom. The number of carbonyl (C=O) groups excluding carboxylic acids is 3. The minimum absolute atomic E-state index is 0.00986. The Hall–Kier alpha value is -3.45. The fourth-order valence-electron chi connectivity index (χ4n) is 6.97. The Kier molecular flexibility index (Phi) is 8.24. The lowest BCUT2D eigenvalue weighted by Crippen LogP contribution is -2.70. The Morgan fingerprint density at radius 1 is 1.14 bits per heavy atom. The number of nitrogens with two attached hydrogens (primary N) is 2. The van der Waals surface area contributed by atoms with E-state index < -0.39 is 63.2 Å². The van der Waals surface area contributed by atoms with Gasteiger partial charge in [-0.3, -0.25) is 19.3 Å². The van der Waals surface area contributed by atoms with Crippen LogP contribution in [0.5, 0.6) is 5.75 Å². The van der Waals surface area contributed by atoms with Crippen LogP contribution in [0.15, 0.2) is 23.0 Å². The van der Waals surface area contributed by atoms with Crippen molar-refractivity contribution in [1.29, 1.82) is 0 Å². The first-order chi connectivity index (χ1) is 19.6. The van der Waals surface area contributed by atoms with Crippen LogP contribution in [-0.4, -0.2) is 94.7 Å². The molecule has 1 aromatic carbocycles. The van der Waals surface area contributed by atoms with Gasteiger partial charge in [-0.05, 0) is 51.0 Å². The van der Waals surface area contributed by atoms with Crippen molar-refractivity contribution in [3.63, 3.8) is 0 Å². The number of nitrogens with one attached hydrogen (secondary N) is 1. The van der Waals surface area contributed by atoms with Crippen LogP contribution in [0.2, 0.25) is 0 Å². The largest absolute Gasteiger partial charge is 0.508 e. The highest BCUT2D eigenvalue weighted by molar-refractivity contribution is 6.24. The molecule has 1 amide bonds. The van der Waals surface area contributed by atoms with Crippen LogP contribution >= 0.6 is 0 Å². The fourth-order valence-corrected chi connectivity index (χ4v) is 6.97. The number of aromatic hydroxyl groups is 1. The molecule has 0 heterocycles. The summed E-state index contributed by atoms with van der Waals surface area (Å²) in [7, 11) is 6.71. The van der Waals surface area contributed by atoms with Gasteiger partial charge in [-0.15, -0.1) is 0 Å². The van der Waals surface area contributed by atoms with Gasteiger partial charge in [-0.1, -0.05) is 26.7 Å². The summed E-state index contributed by atoms with van der Waals surface area (Å²) in [5.41, 5.74) is 8.38. The lowest BCUT2D eigenvalue weighted by atomic mass is 9.55. The van der Waals surface area contributed by atoms with Crippen molar-refractivity contribution >= 4 is 28.9 Å². The molecule has 1 unspecified atom stereocenters. The van der Waals surface area contributed by atoms with Gasteiger partial charge in [0.1, 0.15) is 22.8 Å². The van der Waals surface area contributed by atoms with Gasteiger partial charge in [0.25, 0.3) is 5.91 Å². The highest BCUT2D eigenvalue weighted by atomic mass is 16.3. The van der Waals surface area contributed by atoms with E-state index >= 15 is 0 Å². The molecule has 0 aliphatic heterocycles. The third-order valence-electron chi connectivity index (χ3n) is 9.30. The van der Waals surface area contributed by atoms with Crippen LogP contribution in [0.3, 0.4) is 0 Å². The molecule has 0 radical (unpaired) electrons. The van der Waals surface area contributed by atoms with Gasteiger partial charge in [0, 0.05) is 37.8 Å². The SMILES string of the molecule is CCC(CC)CNCc1cc(N(C)C)c2c(c1O)C(O)=C1C(=O)[C@]3(O)C(O)=C(C(N)=O)C(=O)C(N(C)C)[C@@H]3C[C@]1(N)C2. The molecule has 4 atom stereocenters. The van der Waals surface area contributed by atoms with Crippen LogP contribution in [0.4, 0.5) is 5.69 Å². The molecule has 0 bridgehead atoms. The number of rotatable bonds is 9. The number of fused-ring (bicyclic) bond motifs is 3. The second kappa shape index (κ2) is 11.0. The molecule has 0 saturated heterocycles. The Morgan fingerprint density at radius 2 is 1.76 bits per heavy atom. The van der Waals surface area contributed by atoms with E-state index in [0.29, 0.717) is 29.3 Å². The van der Waals surface area contributed by atoms with E-state index in [-0.39, 0.29) is 24.2 Å². The number of primary amides is 1. The van der Waals surface area contributed by atoms with Crippen molar-refractivity contribution in [3.05, 3.63) is 39.7 Å². The molecule has 42 heavy (non-hydrogen) atoms. The summed E-state index contributed by atoms with van der Waals surface area (Å²) in [5.74, 6) is -6.08. The average Bonchev–Trinajstić information content (AvgIpc) is 2.89. The molecule has 9 N–H and O–H groups in total. The smallest absolute Gasteiger partial charge is 0.255 e. The lowest BCUT2D eigenvalue weighted by molar-refractivity contribution is -0.154. The molecule has 12 heteroatoms. The van der Waals surface area contributed by atoms with E-state index in [9.17, 15) is 34.8 Å². The fraction of sp³-hybridized carbons (Fsp3) is 0.567. The molecule has 4 rings (SSSR count). The van der Waals surface area contributed by atoms with Gasteiger partial charge in [0.15, 0.2) is 11.4 Å². The third-order valence-corrected chi connectivity index (χ3v) is 9.30. The molecule has 0 aromatic heterocycles. The predicted octanol–water partition coefficient (Wildman–Crippen LogP) is 0.637. The highest BCUT2D eigenvalue weighted by Gasteiger charge is 2.67. The van der Waals surface area contributed by atoms with E-state index in [0.717, 1.165) is 19.4 Å². The molecule has 1 fully saturated rings. The molecule has 1 saturated carbocycles. The van der Waals surface area contributed by atoms with Gasteiger partial charge >= 0.3 is 0 Å². The molecule has 0 spiro atoms. The van der Waals surface area contributed by atoms with Gasteiger partial charge in [-0.2, -0.15) is 0 Å². The second-order valence-corrected chi connectivity index (χ2v) is 12.3. The van der Waals surface area contributed by atoms with Crippen molar-refractivity contribution < 1.29 is 34.8 Å². The second-order valence-electron chi connectivity index (χ2n) is 12.3. The number of carbonyl (C=O) groups is 3. The molecule has 230 valence electrons. The molecule has 1 aromatic rings. The van der Waals surface area contributed by atoms with Gasteiger partial charge in [0.2, 0.25) is 5.78 Å². The maximum Gasteiger partial charge on any atom is 0.255 e. The van der Waals surface area contributed by atoms with Crippen LogP contribution < -0.4 is 21.7 Å². The molecule has 3 aliphatic carbocycles. The number of phenols is 1. The number of Topliss-reactive ketones (excluding diaryl/α,β-unsaturated/α-hetero) is 2. The van der Waals surface area contributed by atoms with E-state index in [4.69, 9.17) is 11.5 Å². The lowest BCUT2D eigenvalue weighted by Gasteiger charge is -2.53. The summed E-state index contributed by atoms with van der Waals surface area (Å²) in [5, 5.41) is 49.4. The van der Waals surface area contributed by atoms with Gasteiger partial charge in [-0.25, -0.2) is 0 Å². The number of anilines is 1. The van der Waals surface area contributed by atoms with E-state index in [1.54, 1.807) is 0 Å². The van der Waals surface area contributed by atoms with Gasteiger partial charge < -0.3 is 42.1 Å². The number of hydrogen-bond donors (Lipinski definition) is 7. The Balaban J connectivity index is 1.93. The van der Waals surface area contributed by atoms with Crippen molar-refractivity contribution in [1.82, 2.24) is 10.2 Å². The van der Waals surface area contributed by atoms with Crippen molar-refractivity contribution in [2.75, 3.05) is 39.6 Å². The van der Waals surface area contributed by atoms with Crippen molar-refractivity contribution in [2.45, 2.75) is 63.3 Å². The van der Waals surface area contributed by atoms with E-state index in [1.807, 2.05) is 25.1 Å². The molecule has 3 aliphatic rings. The van der Waals surface area contributed by atoms with Crippen molar-refractivity contribution in [2.24, 2.45) is 23.3 Å². The summed E-state index contributed by atoms with van der Waals surface area (Å²) in [6.45, 7) is 5.25. The predicted molar refractivity (Wildman–Crippen MR) is 158 cm³/mol. The monoisotopic (exact) mass is 585 g/mol. The number of aliphatic hydroxyl groups excluding tert-OH is 2. The van der Waals surface area contributed by atoms with Crippen molar-refractivity contribution in [3.8, 4) is 5.75 Å². The zero-order valence-electron chi connectivity index (χ0n) is 25.1. The quantitative estimate of drug-likeness (QED) is 0.200. The Labute approximate surface area is 245 Å². The number of aliphatic hydroxyl groups is 3. The number of likely N-dealkylation sites (N-methyl/N-ethyl adjacent to an activating group) is 1. The maximum atomic E-state index is 14.2. The molecular formula is C30H43N5O7. The number of phenolic OH excluding ortho intramolecular Hbond substituents is 1. The zero-order chi connectivity index (χ0) is 31.5. The van der Waals surface area contributed by atoms with Gasteiger partial charge in [0.05, 0.1) is 22.7 Å². The number of ketones is 2. The summed E-state index contributed by atoms with van der Waals surface area (Å²) < 4.78 is 0. The molecule has 12 nitrogen and oxygen atoms in total. The summed E-state index contributed by atoms with van der Waals surface area (Å²) in [6, 6.07) is 0.602. The zero-order valence-corrected chi connectivity index (χ0v) is 25.1. The van der Waals surface area contributed by atoms with Crippen LogP contribution in [0.1, 0.15) is 49.8 Å². The molecular weight excluding hydrogens is 542 g/mol. The summed E-state index contributed by atoms with van der Waals surface area (Å²) in [4.78, 5) is 43.0. The van der Waals surface area contributed by atoms with Crippen LogP contribution in [-0.2, 0) is 27.3 Å². The standard InChI is InChI=1S/C30H43N5O7/c1-7-14(8-2)12-33-13-15-9-18(34(3)4)16-10-29(32)11-17-22(35(5)6)25(38)20(28(31)41)26(39)30(17,42)27(40)21(29)24(37)19(16)23(15)36/h9,14,17,22,33,36-37,39,42H,7-8,10-13,32H2,1-6H3,(H2,31,41)/t17-,22?,29+,30+/m0/s1. The number of nitrogens with zero attached hydrogens (tertiary/aromatic N) is 2. The minimum atomic E-state index is -2.76. The number of hydrogen-bond acceptors (Lipinski definition) is 11. The van der Waals surface area contributed by atoms with Crippen LogP contribution in [0, 0.1) is 11.8 Å². The van der Waals surface area contributed by atoms with Crippen LogP contribution in [0.25, 0.3) is 5.76 Å². The third kappa shape index (κ3) is 4.57. The average molecular weight is 586 g/mol. The topological polar surface area (TPSA) is 203 Å². The number of benzene rings is 1. The first-order valence-corrected chi connectivity index (χ1v) is 14.3. The van der Waals surface area contributed by atoms with E-state index in [2.05, 4.69) is 19.2 Å². The summed E-state index contributed by atoms with van der Waals surface area (Å²) in [6.07, 6.45) is 1.79. The first-order valence-electron chi connectivity index (χ1n) is 14.3. The maximum absolute atomic E-state index is 14.2. The summed E-state index contributed by atoms with van der Waals surface area (Å²) >= 11 is 0. The number of amides is 1. The normalized spacial score (nSPS) is 27.4. The van der Waals surface area contributed by atoms with E-state index in [1.165, 1.54) is 19.0 Å². The Bertz CT molecular complexity index is 1400.